The van der Waals surface area contributed by atoms with Gasteiger partial charge in [-0.3, -0.25) is 4.90 Å². The van der Waals surface area contributed by atoms with Gasteiger partial charge >= 0.3 is 0 Å². The molecule has 21 heavy (non-hydrogen) atoms. The van der Waals surface area contributed by atoms with Crippen molar-refractivity contribution in [3.8, 4) is 0 Å². The van der Waals surface area contributed by atoms with Gasteiger partial charge in [0.15, 0.2) is 0 Å². The minimum atomic E-state index is 0.838. The van der Waals surface area contributed by atoms with Gasteiger partial charge in [0, 0.05) is 70.0 Å². The minimum absolute atomic E-state index is 0.838. The normalized spacial score (nSPS) is 16.3. The summed E-state index contributed by atoms with van der Waals surface area (Å²) in [5, 5.41) is 0. The Morgan fingerprint density at radius 3 is 2.67 bits per heavy atom. The molecule has 0 bridgehead atoms. The number of benzene rings is 1. The molecule has 0 aliphatic carbocycles. The van der Waals surface area contributed by atoms with Gasteiger partial charge in [0.05, 0.1) is 0 Å². The van der Waals surface area contributed by atoms with Crippen LogP contribution in [-0.4, -0.2) is 47.2 Å². The van der Waals surface area contributed by atoms with Crippen LogP contribution >= 0.6 is 0 Å². The molecule has 1 saturated heterocycles. The third-order valence-corrected chi connectivity index (χ3v) is 4.18. The first-order chi connectivity index (χ1) is 10.2. The van der Waals surface area contributed by atoms with Gasteiger partial charge in [-0.2, -0.15) is 0 Å². The number of nitrogens with two attached hydrogens (primary N) is 1. The number of anilines is 2. The van der Waals surface area contributed by atoms with E-state index >= 15 is 0 Å². The number of aryl methyl sites for hydroxylation is 1. The average molecular weight is 285 g/mol. The monoisotopic (exact) mass is 285 g/mol. The quantitative estimate of drug-likeness (QED) is 0.862. The average Bonchev–Trinajstić information content (AvgIpc) is 2.91. The van der Waals surface area contributed by atoms with Gasteiger partial charge in [0.1, 0.15) is 5.82 Å². The molecule has 0 saturated carbocycles. The fourth-order valence-electron chi connectivity index (χ4n) is 2.85. The Morgan fingerprint density at radius 1 is 1.19 bits per heavy atom. The van der Waals surface area contributed by atoms with E-state index in [-0.39, 0.29) is 0 Å². The van der Waals surface area contributed by atoms with E-state index in [1.165, 1.54) is 5.69 Å². The second-order valence-corrected chi connectivity index (χ2v) is 5.63. The van der Waals surface area contributed by atoms with E-state index in [1.807, 2.05) is 24.5 Å². The summed E-state index contributed by atoms with van der Waals surface area (Å²) in [5.74, 6) is 1.16. The van der Waals surface area contributed by atoms with Crippen molar-refractivity contribution in [1.29, 1.82) is 0 Å². The summed E-state index contributed by atoms with van der Waals surface area (Å²) in [6.07, 6.45) is 4.89. The van der Waals surface area contributed by atoms with Gasteiger partial charge in [-0.25, -0.2) is 4.98 Å². The first kappa shape index (κ1) is 13.9. The molecule has 0 radical (unpaired) electrons. The molecule has 0 spiro atoms. The van der Waals surface area contributed by atoms with Crippen molar-refractivity contribution >= 4 is 11.4 Å². The smallest absolute Gasteiger partial charge is 0.109 e. The Bertz CT molecular complexity index is 584. The van der Waals surface area contributed by atoms with Gasteiger partial charge in [0.25, 0.3) is 0 Å². The topological polar surface area (TPSA) is 50.3 Å². The van der Waals surface area contributed by atoms with E-state index in [9.17, 15) is 0 Å². The highest BCUT2D eigenvalue weighted by molar-refractivity contribution is 5.56. The number of rotatable bonds is 4. The minimum Gasteiger partial charge on any atom is -0.399 e. The fourth-order valence-corrected chi connectivity index (χ4v) is 2.85. The number of nitrogen functional groups attached to an aromatic ring is 1. The molecular formula is C16H23N5. The Balaban J connectivity index is 1.50. The predicted molar refractivity (Wildman–Crippen MR) is 86.4 cm³/mol. The van der Waals surface area contributed by atoms with E-state index in [2.05, 4.69) is 38.5 Å². The highest BCUT2D eigenvalue weighted by Crippen LogP contribution is 2.19. The summed E-state index contributed by atoms with van der Waals surface area (Å²) in [7, 11) is 2.06. The molecule has 0 atom stereocenters. The first-order valence-electron chi connectivity index (χ1n) is 7.51. The number of hydrogen-bond donors (Lipinski definition) is 1. The van der Waals surface area contributed by atoms with Crippen LogP contribution in [0, 0.1) is 0 Å². The van der Waals surface area contributed by atoms with E-state index < -0.39 is 0 Å². The van der Waals surface area contributed by atoms with Crippen LogP contribution in [0.5, 0.6) is 0 Å². The molecule has 5 heteroatoms. The van der Waals surface area contributed by atoms with Gasteiger partial charge in [-0.1, -0.05) is 6.07 Å². The molecular weight excluding hydrogens is 262 g/mol. The van der Waals surface area contributed by atoms with Crippen LogP contribution in [0.4, 0.5) is 11.4 Å². The van der Waals surface area contributed by atoms with E-state index in [1.54, 1.807) is 0 Å². The molecule has 1 aliphatic rings. The van der Waals surface area contributed by atoms with Crippen molar-refractivity contribution in [3.63, 3.8) is 0 Å². The maximum Gasteiger partial charge on any atom is 0.109 e. The maximum atomic E-state index is 5.86. The summed E-state index contributed by atoms with van der Waals surface area (Å²) in [4.78, 5) is 9.31. The number of nitrogens with zero attached hydrogens (tertiary/aromatic N) is 4. The number of hydrogen-bond acceptors (Lipinski definition) is 4. The molecule has 3 rings (SSSR count). The summed E-state index contributed by atoms with van der Waals surface area (Å²) in [5.41, 5.74) is 7.93. The standard InChI is InChI=1S/C16H23N5/c1-19-8-6-18-16(19)5-7-20-9-11-21(12-10-20)15-4-2-3-14(17)13-15/h2-4,6,8,13H,5,7,9-12,17H2,1H3. The lowest BCUT2D eigenvalue weighted by Crippen LogP contribution is -2.47. The van der Waals surface area contributed by atoms with Gasteiger partial charge in [0.2, 0.25) is 0 Å². The summed E-state index contributed by atoms with van der Waals surface area (Å²) in [6, 6.07) is 8.16. The molecule has 2 N–H and O–H groups in total. The summed E-state index contributed by atoms with van der Waals surface area (Å²) < 4.78 is 2.10. The van der Waals surface area contributed by atoms with E-state index in [4.69, 9.17) is 5.73 Å². The van der Waals surface area contributed by atoms with Crippen molar-refractivity contribution in [2.24, 2.45) is 7.05 Å². The van der Waals surface area contributed by atoms with Crippen LogP contribution < -0.4 is 10.6 Å². The van der Waals surface area contributed by atoms with Gasteiger partial charge < -0.3 is 15.2 Å². The lowest BCUT2D eigenvalue weighted by Gasteiger charge is -2.36. The molecule has 2 heterocycles. The molecule has 1 aromatic carbocycles. The summed E-state index contributed by atoms with van der Waals surface area (Å²) in [6.45, 7) is 5.39. The second-order valence-electron chi connectivity index (χ2n) is 5.63. The van der Waals surface area contributed by atoms with Crippen molar-refractivity contribution < 1.29 is 0 Å². The van der Waals surface area contributed by atoms with Crippen LogP contribution in [0.15, 0.2) is 36.7 Å². The van der Waals surface area contributed by atoms with Crippen LogP contribution in [0.2, 0.25) is 0 Å². The first-order valence-corrected chi connectivity index (χ1v) is 7.51. The van der Waals surface area contributed by atoms with Crippen molar-refractivity contribution in [1.82, 2.24) is 14.5 Å². The Hall–Kier alpha value is -2.01. The zero-order valence-corrected chi connectivity index (χ0v) is 12.6. The van der Waals surface area contributed by atoms with Crippen molar-refractivity contribution in [2.45, 2.75) is 6.42 Å². The van der Waals surface area contributed by atoms with Gasteiger partial charge in [-0.05, 0) is 18.2 Å². The second kappa shape index (κ2) is 6.18. The number of piperazine rings is 1. The van der Waals surface area contributed by atoms with E-state index in [0.717, 1.165) is 50.7 Å². The zero-order chi connectivity index (χ0) is 14.7. The van der Waals surface area contributed by atoms with Crippen molar-refractivity contribution in [3.05, 3.63) is 42.5 Å². The molecule has 1 aliphatic heterocycles. The molecule has 112 valence electrons. The van der Waals surface area contributed by atoms with Gasteiger partial charge in [-0.15, -0.1) is 0 Å². The van der Waals surface area contributed by atoms with Crippen LogP contribution in [0.1, 0.15) is 5.82 Å². The SMILES string of the molecule is Cn1ccnc1CCN1CCN(c2cccc(N)c2)CC1. The number of imidazole rings is 1. The number of aromatic nitrogens is 2. The molecule has 0 unspecified atom stereocenters. The molecule has 5 nitrogen and oxygen atoms in total. The van der Waals surface area contributed by atoms with Crippen LogP contribution in [0.3, 0.4) is 0 Å². The lowest BCUT2D eigenvalue weighted by molar-refractivity contribution is 0.259. The molecule has 1 aromatic heterocycles. The predicted octanol–water partition coefficient (Wildman–Crippen LogP) is 1.37. The largest absolute Gasteiger partial charge is 0.399 e. The van der Waals surface area contributed by atoms with E-state index in [0.29, 0.717) is 0 Å². The van der Waals surface area contributed by atoms with Crippen LogP contribution in [-0.2, 0) is 13.5 Å². The third-order valence-electron chi connectivity index (χ3n) is 4.18. The molecule has 1 fully saturated rings. The maximum absolute atomic E-state index is 5.86. The fraction of sp³-hybridized carbons (Fsp3) is 0.438. The highest BCUT2D eigenvalue weighted by Gasteiger charge is 2.17. The Labute approximate surface area is 126 Å². The third kappa shape index (κ3) is 3.36. The Kier molecular flexibility index (Phi) is 4.10. The Morgan fingerprint density at radius 2 is 2.00 bits per heavy atom. The lowest BCUT2D eigenvalue weighted by atomic mass is 10.2. The highest BCUT2D eigenvalue weighted by atomic mass is 15.3. The van der Waals surface area contributed by atoms with Crippen LogP contribution in [0.25, 0.3) is 0 Å². The van der Waals surface area contributed by atoms with Crippen molar-refractivity contribution in [2.75, 3.05) is 43.4 Å². The summed E-state index contributed by atoms with van der Waals surface area (Å²) >= 11 is 0. The zero-order valence-electron chi connectivity index (χ0n) is 12.6. The molecule has 0 amide bonds. The molecule has 2 aromatic rings.